The molecule has 2 aromatic carbocycles. The van der Waals surface area contributed by atoms with Gasteiger partial charge in [-0.2, -0.15) is 5.26 Å². The van der Waals surface area contributed by atoms with Crippen LogP contribution in [-0.2, 0) is 5.41 Å². The Hall–Kier alpha value is -2.86. The van der Waals surface area contributed by atoms with Crippen molar-refractivity contribution in [2.24, 2.45) is 5.92 Å². The third kappa shape index (κ3) is 1.50. The summed E-state index contributed by atoms with van der Waals surface area (Å²) in [4.78, 5) is 14.8. The maximum Gasteiger partial charge on any atom is 0.187 e. The summed E-state index contributed by atoms with van der Waals surface area (Å²) >= 11 is 0. The number of carbonyl (C=O) groups excluding carboxylic acids is 1. The van der Waals surface area contributed by atoms with Gasteiger partial charge < -0.3 is 4.90 Å². The van der Waals surface area contributed by atoms with Gasteiger partial charge in [0.15, 0.2) is 5.78 Å². The molecule has 3 aliphatic rings. The molecular formula is C20H14N2O. The Bertz CT molecular complexity index is 919. The lowest BCUT2D eigenvalue weighted by Crippen LogP contribution is -2.28. The number of carbonyl (C=O) groups is 1. The highest BCUT2D eigenvalue weighted by Gasteiger charge is 2.66. The average Bonchev–Trinajstić information content (AvgIpc) is 3.23. The van der Waals surface area contributed by atoms with Gasteiger partial charge in [0, 0.05) is 35.0 Å². The SMILES string of the molecule is N#Cc1ccc(N2C[C@H]3C[C@@]34C2=CC(=O)c2ccccc24)cc1. The van der Waals surface area contributed by atoms with Crippen molar-refractivity contribution in [2.45, 2.75) is 11.8 Å². The summed E-state index contributed by atoms with van der Waals surface area (Å²) in [7, 11) is 0. The lowest BCUT2D eigenvalue weighted by molar-refractivity contribution is 0.104. The molecule has 0 N–H and O–H groups in total. The monoisotopic (exact) mass is 298 g/mol. The van der Waals surface area contributed by atoms with Crippen LogP contribution in [0.1, 0.15) is 27.9 Å². The molecule has 0 bridgehead atoms. The van der Waals surface area contributed by atoms with Crippen molar-refractivity contribution in [3.8, 4) is 6.07 Å². The smallest absolute Gasteiger partial charge is 0.187 e. The summed E-state index contributed by atoms with van der Waals surface area (Å²) in [5.41, 5.74) is 4.96. The third-order valence-corrected chi connectivity index (χ3v) is 5.51. The Labute approximate surface area is 134 Å². The number of benzene rings is 2. The normalized spacial score (nSPS) is 26.7. The largest absolute Gasteiger partial charge is 0.344 e. The van der Waals surface area contributed by atoms with Crippen molar-refractivity contribution >= 4 is 11.5 Å². The predicted molar refractivity (Wildman–Crippen MR) is 87.1 cm³/mol. The van der Waals surface area contributed by atoms with Gasteiger partial charge in [-0.25, -0.2) is 0 Å². The van der Waals surface area contributed by atoms with Crippen LogP contribution in [0.3, 0.4) is 0 Å². The van der Waals surface area contributed by atoms with Gasteiger partial charge in [-0.3, -0.25) is 4.79 Å². The molecule has 0 aromatic heterocycles. The second-order valence-corrected chi connectivity index (χ2v) is 6.58. The van der Waals surface area contributed by atoms with E-state index in [0.717, 1.165) is 29.9 Å². The van der Waals surface area contributed by atoms with E-state index in [-0.39, 0.29) is 11.2 Å². The molecule has 0 unspecified atom stereocenters. The molecule has 2 aromatic rings. The topological polar surface area (TPSA) is 44.1 Å². The number of ketones is 1. The summed E-state index contributed by atoms with van der Waals surface area (Å²) in [5, 5.41) is 8.95. The molecule has 2 aliphatic carbocycles. The van der Waals surface area contributed by atoms with Crippen molar-refractivity contribution in [2.75, 3.05) is 11.4 Å². The van der Waals surface area contributed by atoms with Crippen LogP contribution in [0, 0.1) is 17.2 Å². The highest BCUT2D eigenvalue weighted by atomic mass is 16.1. The first kappa shape index (κ1) is 12.7. The zero-order chi connectivity index (χ0) is 15.6. The van der Waals surface area contributed by atoms with E-state index in [4.69, 9.17) is 5.26 Å². The molecule has 110 valence electrons. The van der Waals surface area contributed by atoms with Crippen LogP contribution in [0.2, 0.25) is 0 Å². The van der Waals surface area contributed by atoms with Crippen molar-refractivity contribution < 1.29 is 4.79 Å². The van der Waals surface area contributed by atoms with Crippen LogP contribution in [0.5, 0.6) is 0 Å². The first-order chi connectivity index (χ1) is 11.2. The minimum atomic E-state index is 0.0401. The van der Waals surface area contributed by atoms with Crippen LogP contribution >= 0.6 is 0 Å². The Morgan fingerprint density at radius 2 is 1.91 bits per heavy atom. The van der Waals surface area contributed by atoms with E-state index in [1.54, 1.807) is 0 Å². The molecule has 0 radical (unpaired) electrons. The van der Waals surface area contributed by atoms with Crippen molar-refractivity contribution in [3.63, 3.8) is 0 Å². The number of piperidine rings is 1. The lowest BCUT2D eigenvalue weighted by atomic mass is 9.81. The fourth-order valence-electron chi connectivity index (χ4n) is 4.35. The van der Waals surface area contributed by atoms with Crippen molar-refractivity contribution in [1.82, 2.24) is 0 Å². The van der Waals surface area contributed by atoms with Crippen molar-refractivity contribution in [3.05, 3.63) is 77.0 Å². The zero-order valence-corrected chi connectivity index (χ0v) is 12.5. The number of nitrogens with zero attached hydrogens (tertiary/aromatic N) is 2. The van der Waals surface area contributed by atoms with Crippen LogP contribution in [0.4, 0.5) is 5.69 Å². The van der Waals surface area contributed by atoms with Gasteiger partial charge >= 0.3 is 0 Å². The molecule has 1 saturated carbocycles. The maximum absolute atomic E-state index is 12.5. The first-order valence-electron chi connectivity index (χ1n) is 7.88. The fourth-order valence-corrected chi connectivity index (χ4v) is 4.35. The summed E-state index contributed by atoms with van der Waals surface area (Å²) in [5.74, 6) is 0.686. The van der Waals surface area contributed by atoms with Gasteiger partial charge in [-0.15, -0.1) is 0 Å². The van der Waals surface area contributed by atoms with E-state index < -0.39 is 0 Å². The summed E-state index contributed by atoms with van der Waals surface area (Å²) in [6.07, 6.45) is 2.96. The third-order valence-electron chi connectivity index (χ3n) is 5.51. The molecule has 5 rings (SSSR count). The molecule has 2 atom stereocenters. The van der Waals surface area contributed by atoms with Crippen molar-refractivity contribution in [1.29, 1.82) is 5.26 Å². The minimum Gasteiger partial charge on any atom is -0.344 e. The maximum atomic E-state index is 12.5. The molecule has 1 spiro atoms. The highest BCUT2D eigenvalue weighted by Crippen LogP contribution is 2.66. The Balaban J connectivity index is 1.63. The van der Waals surface area contributed by atoms with Crippen LogP contribution in [0.15, 0.2) is 60.3 Å². The summed E-state index contributed by atoms with van der Waals surface area (Å²) < 4.78 is 0. The van der Waals surface area contributed by atoms with E-state index >= 15 is 0 Å². The molecule has 23 heavy (non-hydrogen) atoms. The quantitative estimate of drug-likeness (QED) is 0.810. The Kier molecular flexibility index (Phi) is 2.26. The minimum absolute atomic E-state index is 0.0401. The summed E-state index contributed by atoms with van der Waals surface area (Å²) in [6.45, 7) is 0.944. The molecule has 3 heteroatoms. The van der Waals surface area contributed by atoms with Gasteiger partial charge in [-0.1, -0.05) is 24.3 Å². The second-order valence-electron chi connectivity index (χ2n) is 6.58. The zero-order valence-electron chi connectivity index (χ0n) is 12.5. The number of hydrogen-bond donors (Lipinski definition) is 0. The fraction of sp³-hybridized carbons (Fsp3) is 0.200. The second kappa shape index (κ2) is 4.11. The van der Waals surface area contributed by atoms with Gasteiger partial charge in [0.1, 0.15) is 0 Å². The molecule has 1 saturated heterocycles. The van der Waals surface area contributed by atoms with E-state index in [1.165, 1.54) is 5.56 Å². The molecule has 2 fully saturated rings. The highest BCUT2D eigenvalue weighted by molar-refractivity contribution is 6.09. The van der Waals surface area contributed by atoms with Gasteiger partial charge in [0.25, 0.3) is 0 Å². The lowest BCUT2D eigenvalue weighted by Gasteiger charge is -2.30. The van der Waals surface area contributed by atoms with E-state index in [1.807, 2.05) is 48.5 Å². The molecule has 3 nitrogen and oxygen atoms in total. The summed E-state index contributed by atoms with van der Waals surface area (Å²) in [6, 6.07) is 17.8. The van der Waals surface area contributed by atoms with E-state index in [9.17, 15) is 4.79 Å². The molecule has 0 amide bonds. The first-order valence-corrected chi connectivity index (χ1v) is 7.88. The number of hydrogen-bond acceptors (Lipinski definition) is 3. The van der Waals surface area contributed by atoms with Gasteiger partial charge in [0.05, 0.1) is 11.6 Å². The van der Waals surface area contributed by atoms with E-state index in [2.05, 4.69) is 17.0 Å². The van der Waals surface area contributed by atoms with Crippen LogP contribution < -0.4 is 4.90 Å². The van der Waals surface area contributed by atoms with Gasteiger partial charge in [0.2, 0.25) is 0 Å². The molecular weight excluding hydrogens is 284 g/mol. The van der Waals surface area contributed by atoms with Crippen LogP contribution in [0.25, 0.3) is 0 Å². The number of anilines is 1. The van der Waals surface area contributed by atoms with Gasteiger partial charge in [-0.05, 0) is 42.2 Å². The number of nitriles is 1. The Morgan fingerprint density at radius 3 is 2.70 bits per heavy atom. The van der Waals surface area contributed by atoms with Crippen LogP contribution in [-0.4, -0.2) is 12.3 Å². The molecule has 1 aliphatic heterocycles. The standard InChI is InChI=1S/C20H14N2O/c21-11-13-5-7-15(8-6-13)22-12-14-10-20(14)17-4-2-1-3-16(17)18(23)9-19(20)22/h1-9,14H,10,12H2/t14-,20-/m1/s1. The Morgan fingerprint density at radius 1 is 1.13 bits per heavy atom. The molecule has 1 heterocycles. The predicted octanol–water partition coefficient (Wildman–Crippen LogP) is 3.42. The van der Waals surface area contributed by atoms with E-state index in [0.29, 0.717) is 11.5 Å². The number of rotatable bonds is 1. The average molecular weight is 298 g/mol. The number of fused-ring (bicyclic) bond motifs is 1. The number of allylic oxidation sites excluding steroid dienone is 2.